The van der Waals surface area contributed by atoms with E-state index in [4.69, 9.17) is 4.74 Å². The van der Waals surface area contributed by atoms with E-state index >= 15 is 0 Å². The molecule has 1 aliphatic rings. The van der Waals surface area contributed by atoms with Crippen LogP contribution in [0.3, 0.4) is 0 Å². The van der Waals surface area contributed by atoms with Crippen molar-refractivity contribution in [2.24, 2.45) is 5.92 Å². The molecule has 114 valence electrons. The Hall–Kier alpha value is -2.04. The zero-order chi connectivity index (χ0) is 14.9. The van der Waals surface area contributed by atoms with Gasteiger partial charge in [0.25, 0.3) is 0 Å². The molecule has 1 aromatic carbocycles. The van der Waals surface area contributed by atoms with Gasteiger partial charge in [0.05, 0.1) is 6.67 Å². The Labute approximate surface area is 125 Å². The monoisotopic (exact) mass is 290 g/mol. The normalized spacial score (nSPS) is 15.2. The Morgan fingerprint density at radius 2 is 1.76 bits per heavy atom. The van der Waals surface area contributed by atoms with Crippen LogP contribution in [0.15, 0.2) is 30.3 Å². The Bertz CT molecular complexity index is 456. The Kier molecular flexibility index (Phi) is 6.06. The van der Waals surface area contributed by atoms with Crippen LogP contribution < -0.4 is 10.6 Å². The number of benzene rings is 1. The predicted molar refractivity (Wildman–Crippen MR) is 79.3 cm³/mol. The lowest BCUT2D eigenvalue weighted by Crippen LogP contribution is -2.40. The Morgan fingerprint density at radius 1 is 1.05 bits per heavy atom. The van der Waals surface area contributed by atoms with E-state index in [1.807, 2.05) is 30.3 Å². The van der Waals surface area contributed by atoms with Crippen molar-refractivity contribution in [2.45, 2.75) is 38.7 Å². The minimum absolute atomic E-state index is 0.0260. The van der Waals surface area contributed by atoms with Crippen molar-refractivity contribution in [1.82, 2.24) is 10.6 Å². The minimum Gasteiger partial charge on any atom is -0.445 e. The third-order valence-electron chi connectivity index (χ3n) is 3.68. The zero-order valence-corrected chi connectivity index (χ0v) is 12.1. The van der Waals surface area contributed by atoms with Crippen molar-refractivity contribution in [1.29, 1.82) is 0 Å². The van der Waals surface area contributed by atoms with E-state index in [1.54, 1.807) is 0 Å². The van der Waals surface area contributed by atoms with E-state index < -0.39 is 6.09 Å². The molecule has 1 fully saturated rings. The minimum atomic E-state index is -0.525. The summed E-state index contributed by atoms with van der Waals surface area (Å²) in [5, 5.41) is 5.26. The van der Waals surface area contributed by atoms with Crippen molar-refractivity contribution in [3.05, 3.63) is 35.9 Å². The maximum Gasteiger partial charge on any atom is 0.408 e. The van der Waals surface area contributed by atoms with Gasteiger partial charge < -0.3 is 15.4 Å². The first-order valence-electron chi connectivity index (χ1n) is 7.48. The molecule has 0 heterocycles. The zero-order valence-electron chi connectivity index (χ0n) is 12.1. The number of carbonyl (C=O) groups is 2. The highest BCUT2D eigenvalue weighted by atomic mass is 16.5. The van der Waals surface area contributed by atoms with Crippen LogP contribution in [0.1, 0.15) is 37.7 Å². The van der Waals surface area contributed by atoms with Gasteiger partial charge in [-0.25, -0.2) is 4.79 Å². The van der Waals surface area contributed by atoms with Gasteiger partial charge in [-0.15, -0.1) is 0 Å². The van der Waals surface area contributed by atoms with Gasteiger partial charge >= 0.3 is 6.09 Å². The average molecular weight is 290 g/mol. The molecule has 0 unspecified atom stereocenters. The molecule has 0 aromatic heterocycles. The van der Waals surface area contributed by atoms with Gasteiger partial charge in [0.15, 0.2) is 0 Å². The van der Waals surface area contributed by atoms with E-state index in [2.05, 4.69) is 10.6 Å². The molecule has 1 saturated carbocycles. The van der Waals surface area contributed by atoms with Crippen LogP contribution in [0.25, 0.3) is 0 Å². The summed E-state index contributed by atoms with van der Waals surface area (Å²) in [5.41, 5.74) is 0.930. The van der Waals surface area contributed by atoms with Crippen LogP contribution in [0.2, 0.25) is 0 Å². The van der Waals surface area contributed by atoms with Gasteiger partial charge in [-0.05, 0) is 18.4 Å². The van der Waals surface area contributed by atoms with Crippen molar-refractivity contribution in [3.63, 3.8) is 0 Å². The maximum atomic E-state index is 11.9. The first kappa shape index (κ1) is 15.4. The largest absolute Gasteiger partial charge is 0.445 e. The summed E-state index contributed by atoms with van der Waals surface area (Å²) in [5.74, 6) is 0.124. The number of carbonyl (C=O) groups excluding carboxylic acids is 2. The molecule has 0 spiro atoms. The number of amides is 2. The molecule has 1 aromatic rings. The number of nitrogens with one attached hydrogen (secondary N) is 2. The summed E-state index contributed by atoms with van der Waals surface area (Å²) in [4.78, 5) is 23.3. The molecule has 0 bridgehead atoms. The first-order chi connectivity index (χ1) is 10.3. The average Bonchev–Trinajstić information content (AvgIpc) is 2.54. The smallest absolute Gasteiger partial charge is 0.408 e. The second-order valence-corrected chi connectivity index (χ2v) is 5.29. The Balaban J connectivity index is 1.59. The van der Waals surface area contributed by atoms with E-state index in [-0.39, 0.29) is 25.1 Å². The Morgan fingerprint density at radius 3 is 2.48 bits per heavy atom. The van der Waals surface area contributed by atoms with E-state index in [0.717, 1.165) is 31.2 Å². The van der Waals surface area contributed by atoms with Crippen LogP contribution in [-0.2, 0) is 16.1 Å². The van der Waals surface area contributed by atoms with Crippen molar-refractivity contribution in [3.8, 4) is 0 Å². The molecule has 5 nitrogen and oxygen atoms in total. The summed E-state index contributed by atoms with van der Waals surface area (Å²) in [6.45, 7) is 0.339. The number of hydrogen-bond donors (Lipinski definition) is 2. The molecule has 0 saturated heterocycles. The second-order valence-electron chi connectivity index (χ2n) is 5.29. The molecular weight excluding hydrogens is 268 g/mol. The van der Waals surface area contributed by atoms with Crippen LogP contribution in [0, 0.1) is 5.92 Å². The van der Waals surface area contributed by atoms with Crippen molar-refractivity contribution >= 4 is 12.0 Å². The molecular formula is C16H22N2O3. The summed E-state index contributed by atoms with van der Waals surface area (Å²) < 4.78 is 5.05. The second kappa shape index (κ2) is 8.29. The number of rotatable bonds is 5. The lowest BCUT2D eigenvalue weighted by molar-refractivity contribution is -0.125. The molecule has 2 rings (SSSR count). The highest BCUT2D eigenvalue weighted by molar-refractivity contribution is 5.79. The highest BCUT2D eigenvalue weighted by Crippen LogP contribution is 2.23. The maximum absolute atomic E-state index is 11.9. The highest BCUT2D eigenvalue weighted by Gasteiger charge is 2.20. The standard InChI is InChI=1S/C16H22N2O3/c19-15(14-9-5-2-6-10-14)17-12-18-16(20)21-11-13-7-3-1-4-8-13/h1,3-4,7-8,14H,2,5-6,9-12H2,(H,17,19)(H,18,20). The summed E-state index contributed by atoms with van der Waals surface area (Å²) in [7, 11) is 0. The van der Waals surface area contributed by atoms with Crippen LogP contribution in [0.4, 0.5) is 4.79 Å². The molecule has 1 aliphatic carbocycles. The van der Waals surface area contributed by atoms with Crippen molar-refractivity contribution in [2.75, 3.05) is 6.67 Å². The van der Waals surface area contributed by atoms with Crippen molar-refractivity contribution < 1.29 is 14.3 Å². The number of hydrogen-bond acceptors (Lipinski definition) is 3. The van der Waals surface area contributed by atoms with Gasteiger partial charge in [0.1, 0.15) is 6.61 Å². The van der Waals surface area contributed by atoms with Crippen LogP contribution in [-0.4, -0.2) is 18.7 Å². The van der Waals surface area contributed by atoms with Gasteiger partial charge in [0, 0.05) is 5.92 Å². The molecule has 2 N–H and O–H groups in total. The van der Waals surface area contributed by atoms with E-state index in [9.17, 15) is 9.59 Å². The topological polar surface area (TPSA) is 67.4 Å². The lowest BCUT2D eigenvalue weighted by Gasteiger charge is -2.20. The predicted octanol–water partition coefficient (Wildman–Crippen LogP) is 2.57. The van der Waals surface area contributed by atoms with Gasteiger partial charge in [-0.2, -0.15) is 0 Å². The van der Waals surface area contributed by atoms with Crippen LogP contribution in [0.5, 0.6) is 0 Å². The first-order valence-corrected chi connectivity index (χ1v) is 7.48. The summed E-state index contributed by atoms with van der Waals surface area (Å²) in [6, 6.07) is 9.46. The van der Waals surface area contributed by atoms with Gasteiger partial charge in [-0.3, -0.25) is 4.79 Å². The van der Waals surface area contributed by atoms with E-state index in [0.29, 0.717) is 0 Å². The molecule has 0 atom stereocenters. The van der Waals surface area contributed by atoms with Gasteiger partial charge in [0.2, 0.25) is 5.91 Å². The fraction of sp³-hybridized carbons (Fsp3) is 0.500. The quantitative estimate of drug-likeness (QED) is 0.819. The molecule has 0 aliphatic heterocycles. The van der Waals surface area contributed by atoms with Gasteiger partial charge in [-0.1, -0.05) is 49.6 Å². The number of ether oxygens (including phenoxy) is 1. The molecule has 0 radical (unpaired) electrons. The third kappa shape index (κ3) is 5.45. The summed E-state index contributed by atoms with van der Waals surface area (Å²) in [6.07, 6.45) is 4.82. The fourth-order valence-electron chi connectivity index (χ4n) is 2.49. The molecule has 5 heteroatoms. The fourth-order valence-corrected chi connectivity index (χ4v) is 2.49. The number of alkyl carbamates (subject to hydrolysis) is 1. The molecule has 21 heavy (non-hydrogen) atoms. The lowest BCUT2D eigenvalue weighted by atomic mass is 9.89. The SMILES string of the molecule is O=C(NCNC(=O)C1CCCCC1)OCc1ccccc1. The van der Waals surface area contributed by atoms with Crippen LogP contribution >= 0.6 is 0 Å². The third-order valence-corrected chi connectivity index (χ3v) is 3.68. The van der Waals surface area contributed by atoms with E-state index in [1.165, 1.54) is 6.42 Å². The summed E-state index contributed by atoms with van der Waals surface area (Å²) >= 11 is 0. The molecule has 2 amide bonds.